The summed E-state index contributed by atoms with van der Waals surface area (Å²) in [5, 5.41) is 49.1. The predicted octanol–water partition coefficient (Wildman–Crippen LogP) is 5.71. The van der Waals surface area contributed by atoms with E-state index < -0.39 is 107 Å². The molecule has 0 aromatic heterocycles. The first-order chi connectivity index (χ1) is 25.5. The Bertz CT molecular complexity index is 1820. The van der Waals surface area contributed by atoms with Crippen molar-refractivity contribution >= 4 is 37.9 Å². The lowest BCUT2D eigenvalue weighted by molar-refractivity contribution is -0.387. The van der Waals surface area contributed by atoms with Crippen LogP contribution in [0.15, 0.2) is 30.3 Å². The molecule has 0 heterocycles. The van der Waals surface area contributed by atoms with Crippen molar-refractivity contribution in [2.75, 3.05) is 7.11 Å². The van der Waals surface area contributed by atoms with Crippen LogP contribution in [0.1, 0.15) is 92.0 Å². The quantitative estimate of drug-likeness (QED) is 0.0665. The van der Waals surface area contributed by atoms with E-state index in [1.54, 1.807) is 60.7 Å². The van der Waals surface area contributed by atoms with Crippen molar-refractivity contribution in [3.05, 3.63) is 57.4 Å². The molecule has 2 aromatic carbocycles. The first-order valence-corrected chi connectivity index (χ1v) is 20.3. The van der Waals surface area contributed by atoms with E-state index in [2.05, 4.69) is 16.0 Å². The Labute approximate surface area is 326 Å². The van der Waals surface area contributed by atoms with Gasteiger partial charge in [0, 0.05) is 6.07 Å². The highest BCUT2D eigenvalue weighted by Crippen LogP contribution is 2.42. The molecule has 0 aliphatic rings. The molecule has 0 spiro atoms. The van der Waals surface area contributed by atoms with E-state index in [0.29, 0.717) is 0 Å². The number of nitrogens with one attached hydrogen (secondary N) is 3. The summed E-state index contributed by atoms with van der Waals surface area (Å²) >= 11 is 0. The number of hydrogen-bond acceptors (Lipinski definition) is 13. The first kappa shape index (κ1) is 46.7. The fourth-order valence-electron chi connectivity index (χ4n) is 4.82. The number of alkyl carbamates (subject to hydrolysis) is 1. The monoisotopic (exact) mass is 805 g/mol. The van der Waals surface area contributed by atoms with Crippen LogP contribution in [0, 0.1) is 27.3 Å². The average Bonchev–Trinajstić information content (AvgIpc) is 3.02. The van der Waals surface area contributed by atoms with E-state index >= 15 is 0 Å². The Balaban J connectivity index is 2.75. The first-order valence-electron chi connectivity index (χ1n) is 17.4. The van der Waals surface area contributed by atoms with Crippen molar-refractivity contribution in [1.29, 1.82) is 5.26 Å². The second kappa shape index (κ2) is 18.0. The van der Waals surface area contributed by atoms with E-state index in [4.69, 9.17) is 18.6 Å². The summed E-state index contributed by atoms with van der Waals surface area (Å²) in [7, 11) is -1.79. The summed E-state index contributed by atoms with van der Waals surface area (Å²) in [5.74, 6) is -5.94. The zero-order valence-corrected chi connectivity index (χ0v) is 34.7. The molecule has 308 valence electrons. The Morgan fingerprint density at radius 3 is 1.91 bits per heavy atom. The lowest BCUT2D eigenvalue weighted by Gasteiger charge is -2.41. The molecule has 56 heavy (non-hydrogen) atoms. The number of nitro benzene ring substituents is 1. The van der Waals surface area contributed by atoms with Gasteiger partial charge < -0.3 is 44.8 Å². The van der Waals surface area contributed by atoms with Crippen molar-refractivity contribution in [1.82, 2.24) is 16.0 Å². The Morgan fingerprint density at radius 2 is 1.45 bits per heavy atom. The predicted molar refractivity (Wildman–Crippen MR) is 202 cm³/mol. The fraction of sp³-hybridized carbons (Fsp3) is 0.541. The minimum Gasteiger partial charge on any atom is -0.504 e. The van der Waals surface area contributed by atoms with E-state index in [1.807, 2.05) is 20.8 Å². The lowest BCUT2D eigenvalue weighted by atomic mass is 10.00. The molecule has 0 saturated carbocycles. The smallest absolute Gasteiger partial charge is 0.408 e. The zero-order valence-electron chi connectivity index (χ0n) is 33.7. The van der Waals surface area contributed by atoms with E-state index in [1.165, 1.54) is 7.11 Å². The Hall–Kier alpha value is -5.48. The van der Waals surface area contributed by atoms with Crippen LogP contribution in [0.5, 0.6) is 17.2 Å². The number of hydrogen-bond donors (Lipinski definition) is 5. The molecule has 0 saturated heterocycles. The molecular formula is C37H52FN5O12Si. The molecule has 0 unspecified atom stereocenters. The molecule has 0 bridgehead atoms. The van der Waals surface area contributed by atoms with Gasteiger partial charge in [0.25, 0.3) is 0 Å². The molecule has 5 N–H and O–H groups in total. The van der Waals surface area contributed by atoms with Crippen molar-refractivity contribution < 1.29 is 57.3 Å². The van der Waals surface area contributed by atoms with Crippen LogP contribution in [0.25, 0.3) is 0 Å². The molecule has 4 atom stereocenters. The van der Waals surface area contributed by atoms with Crippen molar-refractivity contribution in [2.45, 2.75) is 122 Å². The number of aromatic hydroxyl groups is 2. The second-order valence-electron chi connectivity index (χ2n) is 16.4. The summed E-state index contributed by atoms with van der Waals surface area (Å²) in [6.07, 6.45) is -3.36. The number of carbonyl (C=O) groups is 4. The van der Waals surface area contributed by atoms with E-state index in [-0.39, 0.29) is 16.9 Å². The third-order valence-corrected chi connectivity index (χ3v) is 12.9. The molecule has 0 radical (unpaired) electrons. The van der Waals surface area contributed by atoms with Crippen molar-refractivity contribution in [3.8, 4) is 23.3 Å². The van der Waals surface area contributed by atoms with Crippen LogP contribution < -0.4 is 20.7 Å². The van der Waals surface area contributed by atoms with Gasteiger partial charge in [-0.25, -0.2) is 9.59 Å². The third kappa shape index (κ3) is 12.8. The number of nitro groups is 1. The van der Waals surface area contributed by atoms with Crippen LogP contribution in [0.4, 0.5) is 14.9 Å². The highest BCUT2D eigenvalue weighted by molar-refractivity contribution is 6.74. The molecule has 17 nitrogen and oxygen atoms in total. The largest absolute Gasteiger partial charge is 0.504 e. The van der Waals surface area contributed by atoms with Gasteiger partial charge in [-0.1, -0.05) is 26.8 Å². The van der Waals surface area contributed by atoms with Gasteiger partial charge in [0.1, 0.15) is 29.4 Å². The van der Waals surface area contributed by atoms with Gasteiger partial charge in [-0.05, 0) is 89.0 Å². The Morgan fingerprint density at radius 1 is 0.893 bits per heavy atom. The number of benzene rings is 2. The SMILES string of the molecule is COc1c(O)cc([C@@H](NC(=O)[C@H](CC#N)NC(=O)[C@H](NC(=O)OC(C)(C)C)[C@H](O[Si](C)(C)C(C)(C)C)c2ccc(F)c([N+](=O)[O-])c2)C(=O)OC(C)(C)C)cc1O. The van der Waals surface area contributed by atoms with Gasteiger partial charge in [-0.2, -0.15) is 9.65 Å². The normalized spacial score (nSPS) is 14.2. The van der Waals surface area contributed by atoms with Crippen LogP contribution in [-0.2, 0) is 28.3 Å². The summed E-state index contributed by atoms with van der Waals surface area (Å²) in [5.41, 5.74) is -3.32. The average molecular weight is 806 g/mol. The Kier molecular flexibility index (Phi) is 15.0. The number of rotatable bonds is 14. The molecule has 2 aromatic rings. The number of phenolic OH excluding ortho intramolecular Hbond substituents is 2. The summed E-state index contributed by atoms with van der Waals surface area (Å²) in [6, 6.07) is 1.42. The molecule has 19 heteroatoms. The number of carbonyl (C=O) groups excluding carboxylic acids is 4. The highest BCUT2D eigenvalue weighted by atomic mass is 28.4. The van der Waals surface area contributed by atoms with Crippen molar-refractivity contribution in [3.63, 3.8) is 0 Å². The fourth-order valence-corrected chi connectivity index (χ4v) is 6.08. The van der Waals surface area contributed by atoms with Crippen LogP contribution in [0.2, 0.25) is 18.1 Å². The van der Waals surface area contributed by atoms with Gasteiger partial charge in [-0.15, -0.1) is 0 Å². The summed E-state index contributed by atoms with van der Waals surface area (Å²) in [4.78, 5) is 65.9. The van der Waals surface area contributed by atoms with Gasteiger partial charge in [0.05, 0.1) is 24.5 Å². The number of methoxy groups -OCH3 is 1. The number of ether oxygens (including phenoxy) is 3. The maximum Gasteiger partial charge on any atom is 0.408 e. The molecule has 0 aliphatic heterocycles. The van der Waals surface area contributed by atoms with Gasteiger partial charge in [-0.3, -0.25) is 19.7 Å². The molecule has 3 amide bonds. The van der Waals surface area contributed by atoms with Crippen LogP contribution in [0.3, 0.4) is 0 Å². The standard InChI is InChI=1S/C37H52FN5O12Si/c1-35(2,3)53-33(48)27(21-18-25(44)30(52-10)26(45)19-21)41-31(46)23(15-16-39)40-32(47)28(42-34(49)54-36(4,5)6)29(55-56(11,12)37(7,8)9)20-13-14-22(38)24(17-20)43(50)51/h13-14,17-19,23,27-29,44-45H,15H2,1-12H3,(H,40,47)(H,41,46)(H,42,49)/t23-,27+,28+,29+/m0/s1. The zero-order chi connectivity index (χ0) is 43.1. The maximum absolute atomic E-state index is 14.6. The lowest BCUT2D eigenvalue weighted by Crippen LogP contribution is -2.58. The summed E-state index contributed by atoms with van der Waals surface area (Å²) < 4.78 is 37.0. The molecular weight excluding hydrogens is 754 g/mol. The third-order valence-electron chi connectivity index (χ3n) is 8.45. The second-order valence-corrected chi connectivity index (χ2v) is 21.1. The maximum atomic E-state index is 14.6. The number of esters is 1. The molecule has 0 fully saturated rings. The highest BCUT2D eigenvalue weighted by Gasteiger charge is 2.45. The van der Waals surface area contributed by atoms with Crippen LogP contribution >= 0.6 is 0 Å². The summed E-state index contributed by atoms with van der Waals surface area (Å²) in [6.45, 7) is 18.6. The number of halogens is 1. The minimum absolute atomic E-state index is 0.0791. The minimum atomic E-state index is -2.97. The number of amides is 3. The van der Waals surface area contributed by atoms with E-state index in [0.717, 1.165) is 30.3 Å². The number of nitriles is 1. The van der Waals surface area contributed by atoms with E-state index in [9.17, 15) is 49.2 Å². The number of nitrogens with zero attached hydrogens (tertiary/aromatic N) is 2. The van der Waals surface area contributed by atoms with Gasteiger partial charge in [0.15, 0.2) is 25.9 Å². The molecule has 2 rings (SSSR count). The van der Waals surface area contributed by atoms with Crippen molar-refractivity contribution in [2.24, 2.45) is 0 Å². The number of phenols is 2. The van der Waals surface area contributed by atoms with Gasteiger partial charge in [0.2, 0.25) is 23.4 Å². The topological polar surface area (TPSA) is 249 Å². The van der Waals surface area contributed by atoms with Gasteiger partial charge >= 0.3 is 17.7 Å². The van der Waals surface area contributed by atoms with Crippen LogP contribution in [-0.4, -0.2) is 77.7 Å². The molecule has 0 aliphatic carbocycles.